The van der Waals surface area contributed by atoms with Crippen LogP contribution >= 0.6 is 27.5 Å². The number of aromatic nitrogens is 1. The first-order chi connectivity index (χ1) is 9.63. The molecule has 0 unspecified atom stereocenters. The van der Waals surface area contributed by atoms with Gasteiger partial charge in [0.1, 0.15) is 11.6 Å². The van der Waals surface area contributed by atoms with Gasteiger partial charge in [0.05, 0.1) is 16.1 Å². The Kier molecular flexibility index (Phi) is 5.23. The average molecular weight is 357 g/mol. The molecule has 2 rings (SSSR count). The molecule has 6 heteroatoms. The second-order valence-corrected chi connectivity index (χ2v) is 5.36. The van der Waals surface area contributed by atoms with Crippen LogP contribution < -0.4 is 15.8 Å². The smallest absolute Gasteiger partial charge is 0.144 e. The molecule has 0 aliphatic rings. The van der Waals surface area contributed by atoms with E-state index in [-0.39, 0.29) is 0 Å². The Bertz CT molecular complexity index is 607. The minimum Gasteiger partial charge on any atom is -0.494 e. The van der Waals surface area contributed by atoms with Crippen molar-refractivity contribution >= 4 is 39.0 Å². The fourth-order valence-electron chi connectivity index (χ4n) is 1.76. The van der Waals surface area contributed by atoms with E-state index in [1.165, 1.54) is 0 Å². The minimum atomic E-state index is 0.417. The van der Waals surface area contributed by atoms with Gasteiger partial charge in [-0.25, -0.2) is 4.98 Å². The van der Waals surface area contributed by atoms with E-state index in [1.54, 1.807) is 12.3 Å². The average Bonchev–Trinajstić information content (AvgIpc) is 2.43. The maximum absolute atomic E-state index is 5.87. The normalized spacial score (nSPS) is 10.4. The van der Waals surface area contributed by atoms with Gasteiger partial charge in [-0.1, -0.05) is 11.6 Å². The Balaban J connectivity index is 2.25. The fraction of sp³-hybridized carbons (Fsp3) is 0.214. The summed E-state index contributed by atoms with van der Waals surface area (Å²) in [7, 11) is 0. The summed E-state index contributed by atoms with van der Waals surface area (Å²) >= 11 is 9.29. The molecule has 0 aliphatic heterocycles. The van der Waals surface area contributed by atoms with E-state index in [2.05, 4.69) is 26.2 Å². The maximum atomic E-state index is 5.87. The van der Waals surface area contributed by atoms with Crippen molar-refractivity contribution in [1.29, 1.82) is 0 Å². The van der Waals surface area contributed by atoms with Crippen LogP contribution in [-0.4, -0.2) is 11.6 Å². The summed E-state index contributed by atoms with van der Waals surface area (Å²) in [5.74, 6) is 1.50. The van der Waals surface area contributed by atoms with E-state index in [9.17, 15) is 0 Å². The number of benzene rings is 1. The number of ether oxygens (including phenoxy) is 1. The zero-order valence-corrected chi connectivity index (χ0v) is 13.3. The molecule has 1 aromatic heterocycles. The summed E-state index contributed by atoms with van der Waals surface area (Å²) in [5.41, 5.74) is 7.58. The van der Waals surface area contributed by atoms with Crippen molar-refractivity contribution in [3.63, 3.8) is 0 Å². The largest absolute Gasteiger partial charge is 0.494 e. The molecular weight excluding hydrogens is 342 g/mol. The van der Waals surface area contributed by atoms with Crippen molar-refractivity contribution in [3.8, 4) is 5.75 Å². The first kappa shape index (κ1) is 15.1. The lowest BCUT2D eigenvalue weighted by molar-refractivity contribution is 0.336. The molecule has 0 aliphatic carbocycles. The predicted molar refractivity (Wildman–Crippen MR) is 85.7 cm³/mol. The van der Waals surface area contributed by atoms with Crippen LogP contribution in [0.25, 0.3) is 0 Å². The van der Waals surface area contributed by atoms with Crippen molar-refractivity contribution in [2.75, 3.05) is 11.9 Å². The number of pyridine rings is 1. The van der Waals surface area contributed by atoms with Crippen LogP contribution in [0.1, 0.15) is 12.5 Å². The summed E-state index contributed by atoms with van der Waals surface area (Å²) in [4.78, 5) is 4.23. The van der Waals surface area contributed by atoms with Gasteiger partial charge in [0.2, 0.25) is 0 Å². The van der Waals surface area contributed by atoms with E-state index in [4.69, 9.17) is 22.1 Å². The van der Waals surface area contributed by atoms with E-state index < -0.39 is 0 Å². The molecule has 2 aromatic rings. The van der Waals surface area contributed by atoms with Crippen molar-refractivity contribution < 1.29 is 4.74 Å². The lowest BCUT2D eigenvalue weighted by Gasteiger charge is -2.12. The topological polar surface area (TPSA) is 60.2 Å². The number of nitrogens with zero attached hydrogens (tertiary/aromatic N) is 1. The van der Waals surface area contributed by atoms with Gasteiger partial charge in [-0.15, -0.1) is 0 Å². The summed E-state index contributed by atoms with van der Waals surface area (Å²) in [6, 6.07) is 7.56. The summed E-state index contributed by atoms with van der Waals surface area (Å²) in [5, 5.41) is 3.80. The maximum Gasteiger partial charge on any atom is 0.144 e. The lowest BCUT2D eigenvalue weighted by atomic mass is 10.1. The van der Waals surface area contributed by atoms with Gasteiger partial charge in [0, 0.05) is 24.0 Å². The van der Waals surface area contributed by atoms with Gasteiger partial charge >= 0.3 is 0 Å². The number of hydrogen-bond donors (Lipinski definition) is 2. The Morgan fingerprint density at radius 3 is 2.85 bits per heavy atom. The first-order valence-corrected chi connectivity index (χ1v) is 7.35. The highest BCUT2D eigenvalue weighted by molar-refractivity contribution is 9.10. The number of nitrogens with two attached hydrogens (primary N) is 1. The van der Waals surface area contributed by atoms with Gasteiger partial charge in [0.15, 0.2) is 0 Å². The summed E-state index contributed by atoms with van der Waals surface area (Å²) in [6.45, 7) is 2.98. The summed E-state index contributed by atoms with van der Waals surface area (Å²) < 4.78 is 6.32. The van der Waals surface area contributed by atoms with E-state index in [0.717, 1.165) is 21.5 Å². The molecule has 0 radical (unpaired) electrons. The SMILES string of the molecule is CCOc1ccc(Nc2ncc(Cl)cc2Br)cc1CN. The molecule has 1 heterocycles. The Morgan fingerprint density at radius 2 is 2.20 bits per heavy atom. The number of rotatable bonds is 5. The first-order valence-electron chi connectivity index (χ1n) is 6.18. The van der Waals surface area contributed by atoms with E-state index >= 15 is 0 Å². The molecule has 0 saturated carbocycles. The number of hydrogen-bond acceptors (Lipinski definition) is 4. The van der Waals surface area contributed by atoms with E-state index in [0.29, 0.717) is 24.0 Å². The molecule has 0 bridgehead atoms. The van der Waals surface area contributed by atoms with Gasteiger partial charge in [-0.3, -0.25) is 0 Å². The molecule has 0 fully saturated rings. The molecule has 0 spiro atoms. The zero-order valence-electron chi connectivity index (χ0n) is 11.0. The van der Waals surface area contributed by atoms with Crippen LogP contribution in [0.15, 0.2) is 34.9 Å². The Labute approximate surface area is 131 Å². The molecule has 4 nitrogen and oxygen atoms in total. The molecule has 1 aromatic carbocycles. The van der Waals surface area contributed by atoms with Crippen LogP contribution in [-0.2, 0) is 6.54 Å². The molecular formula is C14H15BrClN3O. The van der Waals surface area contributed by atoms with Crippen molar-refractivity contribution in [2.24, 2.45) is 5.73 Å². The van der Waals surface area contributed by atoms with Crippen molar-refractivity contribution in [3.05, 3.63) is 45.5 Å². The molecule has 0 atom stereocenters. The second-order valence-electron chi connectivity index (χ2n) is 4.07. The molecule has 20 heavy (non-hydrogen) atoms. The highest BCUT2D eigenvalue weighted by atomic mass is 79.9. The third-order valence-corrected chi connectivity index (χ3v) is 3.46. The van der Waals surface area contributed by atoms with Crippen LogP contribution in [0.5, 0.6) is 5.75 Å². The molecule has 3 N–H and O–H groups in total. The van der Waals surface area contributed by atoms with Crippen molar-refractivity contribution in [1.82, 2.24) is 4.98 Å². The monoisotopic (exact) mass is 355 g/mol. The van der Waals surface area contributed by atoms with Gasteiger partial charge in [0.25, 0.3) is 0 Å². The standard InChI is InChI=1S/C14H15BrClN3O/c1-2-20-13-4-3-11(5-9(13)7-17)19-14-12(15)6-10(16)8-18-14/h3-6,8H,2,7,17H2,1H3,(H,18,19). The van der Waals surface area contributed by atoms with Crippen LogP contribution in [0, 0.1) is 0 Å². The van der Waals surface area contributed by atoms with E-state index in [1.807, 2.05) is 25.1 Å². The third-order valence-electron chi connectivity index (χ3n) is 2.65. The number of anilines is 2. The fourth-order valence-corrected chi connectivity index (χ4v) is 2.49. The second kappa shape index (κ2) is 6.92. The minimum absolute atomic E-state index is 0.417. The quantitative estimate of drug-likeness (QED) is 0.847. The summed E-state index contributed by atoms with van der Waals surface area (Å²) in [6.07, 6.45) is 1.59. The Morgan fingerprint density at radius 1 is 1.40 bits per heavy atom. The number of halogens is 2. The highest BCUT2D eigenvalue weighted by Gasteiger charge is 2.06. The van der Waals surface area contributed by atoms with Gasteiger partial charge in [-0.2, -0.15) is 0 Å². The molecule has 106 valence electrons. The van der Waals surface area contributed by atoms with Crippen molar-refractivity contribution in [2.45, 2.75) is 13.5 Å². The number of nitrogens with one attached hydrogen (secondary N) is 1. The van der Waals surface area contributed by atoms with Crippen LogP contribution in [0.2, 0.25) is 5.02 Å². The third kappa shape index (κ3) is 3.62. The Hall–Kier alpha value is -1.30. The predicted octanol–water partition coefficient (Wildman–Crippen LogP) is 4.10. The molecule has 0 amide bonds. The highest BCUT2D eigenvalue weighted by Crippen LogP contribution is 2.28. The van der Waals surface area contributed by atoms with Crippen LogP contribution in [0.3, 0.4) is 0 Å². The lowest BCUT2D eigenvalue weighted by Crippen LogP contribution is -2.03. The van der Waals surface area contributed by atoms with Gasteiger partial charge in [-0.05, 0) is 47.1 Å². The van der Waals surface area contributed by atoms with Gasteiger partial charge < -0.3 is 15.8 Å². The molecule has 0 saturated heterocycles. The zero-order chi connectivity index (χ0) is 14.5. The van der Waals surface area contributed by atoms with Crippen LogP contribution in [0.4, 0.5) is 11.5 Å².